The average Bonchev–Trinajstić information content (AvgIpc) is 2.75. The zero-order chi connectivity index (χ0) is 22.2. The summed E-state index contributed by atoms with van der Waals surface area (Å²) >= 11 is 12.4. The van der Waals surface area contributed by atoms with Crippen LogP contribution in [-0.2, 0) is 17.8 Å². The second kappa shape index (κ2) is 10.7. The standard InChI is InChI=1S/C23H21Cl2N3O3/c1-30-22-11-16(13-27-28-23(29)12-15-5-8-17(26)9-6-15)7-10-21(22)31-14-18-19(24)3-2-4-20(18)25/h2-11,13H,12,14,26H2,1H3,(H,28,29)/b27-13-. The van der Waals surface area contributed by atoms with E-state index in [1.165, 1.54) is 6.21 Å². The zero-order valence-corrected chi connectivity index (χ0v) is 18.3. The molecule has 6 nitrogen and oxygen atoms in total. The van der Waals surface area contributed by atoms with Crippen molar-refractivity contribution in [2.24, 2.45) is 5.10 Å². The molecule has 0 saturated carbocycles. The van der Waals surface area contributed by atoms with Crippen molar-refractivity contribution >= 4 is 41.0 Å². The quantitative estimate of drug-likeness (QED) is 0.287. The molecule has 0 aromatic heterocycles. The highest BCUT2D eigenvalue weighted by atomic mass is 35.5. The van der Waals surface area contributed by atoms with E-state index in [-0.39, 0.29) is 18.9 Å². The fourth-order valence-electron chi connectivity index (χ4n) is 2.74. The third-order valence-electron chi connectivity index (χ3n) is 4.37. The Morgan fingerprint density at radius 1 is 1.06 bits per heavy atom. The zero-order valence-electron chi connectivity index (χ0n) is 16.8. The van der Waals surface area contributed by atoms with E-state index in [0.717, 1.165) is 11.1 Å². The molecule has 3 rings (SSSR count). The number of hydrogen-bond donors (Lipinski definition) is 2. The Hall–Kier alpha value is -3.22. The molecule has 0 unspecified atom stereocenters. The van der Waals surface area contributed by atoms with E-state index in [1.807, 2.05) is 0 Å². The van der Waals surface area contributed by atoms with Crippen molar-refractivity contribution in [3.63, 3.8) is 0 Å². The van der Waals surface area contributed by atoms with Gasteiger partial charge >= 0.3 is 0 Å². The van der Waals surface area contributed by atoms with Gasteiger partial charge in [0.1, 0.15) is 6.61 Å². The van der Waals surface area contributed by atoms with Crippen molar-refractivity contribution < 1.29 is 14.3 Å². The Morgan fingerprint density at radius 3 is 2.45 bits per heavy atom. The lowest BCUT2D eigenvalue weighted by molar-refractivity contribution is -0.120. The summed E-state index contributed by atoms with van der Waals surface area (Å²) in [7, 11) is 1.54. The van der Waals surface area contributed by atoms with Gasteiger partial charge in [-0.2, -0.15) is 5.10 Å². The maximum atomic E-state index is 12.0. The third-order valence-corrected chi connectivity index (χ3v) is 5.08. The van der Waals surface area contributed by atoms with Gasteiger partial charge in [-0.15, -0.1) is 0 Å². The predicted octanol–water partition coefficient (Wildman–Crippen LogP) is 4.86. The number of halogens is 2. The summed E-state index contributed by atoms with van der Waals surface area (Å²) in [5, 5.41) is 5.06. The fraction of sp³-hybridized carbons (Fsp3) is 0.130. The Labute approximate surface area is 190 Å². The second-order valence-electron chi connectivity index (χ2n) is 6.61. The van der Waals surface area contributed by atoms with Gasteiger partial charge in [0.25, 0.3) is 0 Å². The highest BCUT2D eigenvalue weighted by molar-refractivity contribution is 6.35. The van der Waals surface area contributed by atoms with Gasteiger partial charge in [-0.3, -0.25) is 4.79 Å². The lowest BCUT2D eigenvalue weighted by Gasteiger charge is -2.13. The number of nitrogens with one attached hydrogen (secondary N) is 1. The molecule has 0 saturated heterocycles. The average molecular weight is 458 g/mol. The second-order valence-corrected chi connectivity index (χ2v) is 7.43. The van der Waals surface area contributed by atoms with Gasteiger partial charge in [-0.05, 0) is 53.6 Å². The van der Waals surface area contributed by atoms with Crippen molar-refractivity contribution in [2.75, 3.05) is 12.8 Å². The molecule has 0 fully saturated rings. The minimum atomic E-state index is -0.232. The molecule has 0 heterocycles. The van der Waals surface area contributed by atoms with Gasteiger partial charge in [-0.25, -0.2) is 5.43 Å². The number of rotatable bonds is 8. The van der Waals surface area contributed by atoms with Crippen molar-refractivity contribution in [2.45, 2.75) is 13.0 Å². The van der Waals surface area contributed by atoms with Crippen LogP contribution in [0.5, 0.6) is 11.5 Å². The number of methoxy groups -OCH3 is 1. The number of hydrazone groups is 1. The molecule has 0 bridgehead atoms. The minimum Gasteiger partial charge on any atom is -0.493 e. The maximum absolute atomic E-state index is 12.0. The molecule has 1 amide bonds. The molecule has 0 aliphatic rings. The maximum Gasteiger partial charge on any atom is 0.244 e. The van der Waals surface area contributed by atoms with Crippen molar-refractivity contribution in [3.8, 4) is 11.5 Å². The van der Waals surface area contributed by atoms with Crippen LogP contribution in [0.3, 0.4) is 0 Å². The van der Waals surface area contributed by atoms with Gasteiger partial charge in [0, 0.05) is 21.3 Å². The third kappa shape index (κ3) is 6.38. The molecule has 3 aromatic rings. The van der Waals surface area contributed by atoms with Gasteiger partial charge in [0.15, 0.2) is 11.5 Å². The molecule has 0 atom stereocenters. The molecule has 3 N–H and O–H groups in total. The van der Waals surface area contributed by atoms with E-state index >= 15 is 0 Å². The lowest BCUT2D eigenvalue weighted by Crippen LogP contribution is -2.19. The van der Waals surface area contributed by atoms with Crippen LogP contribution in [0.1, 0.15) is 16.7 Å². The molecule has 0 radical (unpaired) electrons. The number of amides is 1. The highest BCUT2D eigenvalue weighted by Gasteiger charge is 2.10. The number of nitrogen functional groups attached to an aromatic ring is 1. The number of carbonyl (C=O) groups excluding carboxylic acids is 1. The smallest absolute Gasteiger partial charge is 0.244 e. The van der Waals surface area contributed by atoms with E-state index < -0.39 is 0 Å². The number of hydrogen-bond acceptors (Lipinski definition) is 5. The largest absolute Gasteiger partial charge is 0.493 e. The SMILES string of the molecule is COc1cc(/C=N\NC(=O)Cc2ccc(N)cc2)ccc1OCc1c(Cl)cccc1Cl. The molecular formula is C23H21Cl2N3O3. The van der Waals surface area contributed by atoms with Gasteiger partial charge < -0.3 is 15.2 Å². The van der Waals surface area contributed by atoms with Crippen LogP contribution < -0.4 is 20.6 Å². The topological polar surface area (TPSA) is 85.9 Å². The van der Waals surface area contributed by atoms with Crippen molar-refractivity contribution in [1.82, 2.24) is 5.43 Å². The fourth-order valence-corrected chi connectivity index (χ4v) is 3.25. The summed E-state index contributed by atoms with van der Waals surface area (Å²) in [5.41, 5.74) is 11.1. The van der Waals surface area contributed by atoms with Crippen LogP contribution >= 0.6 is 23.2 Å². The first-order valence-electron chi connectivity index (χ1n) is 9.36. The van der Waals surface area contributed by atoms with Crippen molar-refractivity contribution in [3.05, 3.63) is 87.4 Å². The molecule has 0 spiro atoms. The summed E-state index contributed by atoms with van der Waals surface area (Å²) in [6, 6.07) is 17.7. The number of nitrogens with two attached hydrogens (primary N) is 1. The van der Waals surface area contributed by atoms with Crippen LogP contribution in [0.2, 0.25) is 10.0 Å². The first-order chi connectivity index (χ1) is 15.0. The highest BCUT2D eigenvalue weighted by Crippen LogP contribution is 2.31. The van der Waals surface area contributed by atoms with Crippen LogP contribution in [0.4, 0.5) is 5.69 Å². The first-order valence-corrected chi connectivity index (χ1v) is 10.1. The Kier molecular flexibility index (Phi) is 7.76. The minimum absolute atomic E-state index is 0.198. The van der Waals surface area contributed by atoms with Crippen LogP contribution in [0, 0.1) is 0 Å². The van der Waals surface area contributed by atoms with E-state index in [1.54, 1.807) is 67.8 Å². The van der Waals surface area contributed by atoms with E-state index in [4.69, 9.17) is 38.4 Å². The van der Waals surface area contributed by atoms with Gasteiger partial charge in [0.05, 0.1) is 19.7 Å². The Balaban J connectivity index is 1.60. The molecule has 0 aliphatic heterocycles. The monoisotopic (exact) mass is 457 g/mol. The summed E-state index contributed by atoms with van der Waals surface area (Å²) in [6.07, 6.45) is 1.73. The number of ether oxygens (including phenoxy) is 2. The van der Waals surface area contributed by atoms with Crippen LogP contribution in [0.15, 0.2) is 65.8 Å². The van der Waals surface area contributed by atoms with Crippen LogP contribution in [0.25, 0.3) is 0 Å². The Morgan fingerprint density at radius 2 is 1.77 bits per heavy atom. The molecular weight excluding hydrogens is 437 g/mol. The van der Waals surface area contributed by atoms with Gasteiger partial charge in [0.2, 0.25) is 5.91 Å². The first kappa shape index (κ1) is 22.5. The predicted molar refractivity (Wildman–Crippen MR) is 124 cm³/mol. The number of nitrogens with zero attached hydrogens (tertiary/aromatic N) is 1. The molecule has 3 aromatic carbocycles. The van der Waals surface area contributed by atoms with Crippen molar-refractivity contribution in [1.29, 1.82) is 0 Å². The summed E-state index contributed by atoms with van der Waals surface area (Å²) in [6.45, 7) is 0.198. The molecule has 8 heteroatoms. The molecule has 0 aliphatic carbocycles. The summed E-state index contributed by atoms with van der Waals surface area (Å²) < 4.78 is 11.2. The van der Waals surface area contributed by atoms with E-state index in [0.29, 0.717) is 32.8 Å². The molecule has 160 valence electrons. The van der Waals surface area contributed by atoms with Crippen LogP contribution in [-0.4, -0.2) is 19.2 Å². The Bertz CT molecular complexity index is 1070. The molecule has 31 heavy (non-hydrogen) atoms. The van der Waals surface area contributed by atoms with Gasteiger partial charge in [-0.1, -0.05) is 41.4 Å². The van der Waals surface area contributed by atoms with E-state index in [9.17, 15) is 4.79 Å². The summed E-state index contributed by atoms with van der Waals surface area (Å²) in [4.78, 5) is 12.0. The summed E-state index contributed by atoms with van der Waals surface area (Å²) in [5.74, 6) is 0.813. The lowest BCUT2D eigenvalue weighted by atomic mass is 10.1. The number of carbonyl (C=O) groups is 1. The number of benzene rings is 3. The normalized spacial score (nSPS) is 10.8. The van der Waals surface area contributed by atoms with E-state index in [2.05, 4.69) is 10.5 Å². The number of anilines is 1.